The molecule has 3 rings (SSSR count). The van der Waals surface area contributed by atoms with Crippen molar-refractivity contribution >= 4 is 0 Å². The highest BCUT2D eigenvalue weighted by atomic mass is 16.5. The van der Waals surface area contributed by atoms with E-state index in [2.05, 4.69) is 15.4 Å². The maximum atomic E-state index is 9.04. The van der Waals surface area contributed by atoms with Crippen molar-refractivity contribution in [3.05, 3.63) is 54.2 Å². The van der Waals surface area contributed by atoms with Crippen LogP contribution in [0.1, 0.15) is 5.69 Å². The fraction of sp³-hybridized carbons (Fsp3) is 0.0625. The average Bonchev–Trinajstić information content (AvgIpc) is 3.03. The summed E-state index contributed by atoms with van der Waals surface area (Å²) in [4.78, 5) is 0. The molecule has 0 radical (unpaired) electrons. The van der Waals surface area contributed by atoms with Crippen molar-refractivity contribution in [1.82, 2.24) is 15.4 Å². The molecule has 1 N–H and O–H groups in total. The molecular weight excluding hydrogens is 264 g/mol. The maximum absolute atomic E-state index is 9.04. The predicted molar refractivity (Wildman–Crippen MR) is 78.5 cm³/mol. The summed E-state index contributed by atoms with van der Waals surface area (Å²) in [7, 11) is 1.65. The van der Waals surface area contributed by atoms with E-state index in [0.29, 0.717) is 5.69 Å². The number of H-pyrrole nitrogens is 1. The van der Waals surface area contributed by atoms with Gasteiger partial charge in [0.25, 0.3) is 0 Å². The van der Waals surface area contributed by atoms with Crippen LogP contribution >= 0.6 is 0 Å². The Morgan fingerprint density at radius 1 is 1.05 bits per heavy atom. The number of ether oxygens (including phenoxy) is 1. The van der Waals surface area contributed by atoms with Crippen molar-refractivity contribution in [2.75, 3.05) is 7.11 Å². The lowest BCUT2D eigenvalue weighted by molar-refractivity contribution is 0.416. The Morgan fingerprint density at radius 2 is 1.86 bits per heavy atom. The lowest BCUT2D eigenvalue weighted by atomic mass is 10.0. The molecule has 21 heavy (non-hydrogen) atoms. The van der Waals surface area contributed by atoms with Gasteiger partial charge in [0.1, 0.15) is 17.5 Å². The van der Waals surface area contributed by atoms with Crippen molar-refractivity contribution in [3.63, 3.8) is 0 Å². The quantitative estimate of drug-likeness (QED) is 0.798. The average molecular weight is 276 g/mol. The molecule has 0 aliphatic heterocycles. The highest BCUT2D eigenvalue weighted by Crippen LogP contribution is 2.32. The Bertz CT molecular complexity index is 817. The standard InChI is InChI=1S/C16H12N4O/c1-21-15-8-3-2-7-13(15)11-5-4-6-12(9-11)16-14(10-17)18-20-19-16/h2-9H,1H3,(H,18,19,20). The van der Waals surface area contributed by atoms with Crippen LogP contribution in [0.5, 0.6) is 5.75 Å². The second-order valence-electron chi connectivity index (χ2n) is 4.41. The number of para-hydroxylation sites is 1. The lowest BCUT2D eigenvalue weighted by Gasteiger charge is -2.09. The van der Waals surface area contributed by atoms with Crippen molar-refractivity contribution in [1.29, 1.82) is 5.26 Å². The molecule has 0 saturated heterocycles. The molecule has 5 heteroatoms. The Balaban J connectivity index is 2.11. The van der Waals surface area contributed by atoms with E-state index in [4.69, 9.17) is 10.00 Å². The van der Waals surface area contributed by atoms with Gasteiger partial charge in [0.05, 0.1) is 7.11 Å². The molecule has 0 bridgehead atoms. The van der Waals surface area contributed by atoms with E-state index in [-0.39, 0.29) is 5.69 Å². The number of nitrogens with one attached hydrogen (secondary N) is 1. The van der Waals surface area contributed by atoms with Gasteiger partial charge in [-0.25, -0.2) is 0 Å². The first kappa shape index (κ1) is 12.9. The number of hydrogen-bond acceptors (Lipinski definition) is 4. The van der Waals surface area contributed by atoms with Crippen LogP contribution in [0.2, 0.25) is 0 Å². The molecule has 0 aliphatic rings. The van der Waals surface area contributed by atoms with Gasteiger partial charge in [0.2, 0.25) is 0 Å². The van der Waals surface area contributed by atoms with E-state index < -0.39 is 0 Å². The SMILES string of the molecule is COc1ccccc1-c1cccc(-c2n[nH]nc2C#N)c1. The third-order valence-electron chi connectivity index (χ3n) is 3.21. The van der Waals surface area contributed by atoms with E-state index in [1.807, 2.05) is 54.6 Å². The largest absolute Gasteiger partial charge is 0.496 e. The molecule has 2 aromatic carbocycles. The number of aromatic nitrogens is 3. The molecule has 1 heterocycles. The highest BCUT2D eigenvalue weighted by Gasteiger charge is 2.11. The summed E-state index contributed by atoms with van der Waals surface area (Å²) in [5, 5.41) is 19.4. The Morgan fingerprint density at radius 3 is 2.67 bits per heavy atom. The van der Waals surface area contributed by atoms with E-state index in [0.717, 1.165) is 22.4 Å². The summed E-state index contributed by atoms with van der Waals surface area (Å²) in [6.07, 6.45) is 0. The summed E-state index contributed by atoms with van der Waals surface area (Å²) in [5.74, 6) is 0.801. The minimum Gasteiger partial charge on any atom is -0.496 e. The number of aromatic amines is 1. The van der Waals surface area contributed by atoms with Crippen LogP contribution in [0.15, 0.2) is 48.5 Å². The van der Waals surface area contributed by atoms with Gasteiger partial charge in [-0.3, -0.25) is 0 Å². The van der Waals surface area contributed by atoms with Crippen LogP contribution in [0.25, 0.3) is 22.4 Å². The van der Waals surface area contributed by atoms with Crippen LogP contribution in [0.3, 0.4) is 0 Å². The molecule has 0 atom stereocenters. The third kappa shape index (κ3) is 2.35. The van der Waals surface area contributed by atoms with E-state index in [1.54, 1.807) is 7.11 Å². The van der Waals surface area contributed by atoms with E-state index in [1.165, 1.54) is 0 Å². The van der Waals surface area contributed by atoms with Gasteiger partial charge in [-0.2, -0.15) is 15.6 Å². The van der Waals surface area contributed by atoms with Gasteiger partial charge >= 0.3 is 0 Å². The summed E-state index contributed by atoms with van der Waals surface area (Å²) in [6.45, 7) is 0. The van der Waals surface area contributed by atoms with Crippen LogP contribution in [-0.2, 0) is 0 Å². The van der Waals surface area contributed by atoms with Crippen LogP contribution in [0.4, 0.5) is 0 Å². The number of rotatable bonds is 3. The van der Waals surface area contributed by atoms with Gasteiger partial charge in [-0.05, 0) is 17.7 Å². The number of nitrogens with zero attached hydrogens (tertiary/aromatic N) is 3. The fourth-order valence-electron chi connectivity index (χ4n) is 2.23. The van der Waals surface area contributed by atoms with Gasteiger partial charge in [0.15, 0.2) is 5.69 Å². The highest BCUT2D eigenvalue weighted by molar-refractivity contribution is 5.76. The molecule has 5 nitrogen and oxygen atoms in total. The monoisotopic (exact) mass is 276 g/mol. The lowest BCUT2D eigenvalue weighted by Crippen LogP contribution is -1.88. The Hall–Kier alpha value is -3.13. The van der Waals surface area contributed by atoms with Crippen molar-refractivity contribution in [3.8, 4) is 34.2 Å². The number of nitriles is 1. The summed E-state index contributed by atoms with van der Waals surface area (Å²) in [6, 6.07) is 17.6. The first-order valence-corrected chi connectivity index (χ1v) is 6.38. The van der Waals surface area contributed by atoms with Gasteiger partial charge in [-0.1, -0.05) is 36.4 Å². The molecule has 0 spiro atoms. The topological polar surface area (TPSA) is 74.6 Å². The second-order valence-corrected chi connectivity index (χ2v) is 4.41. The smallest absolute Gasteiger partial charge is 0.190 e. The molecule has 0 fully saturated rings. The zero-order valence-corrected chi connectivity index (χ0v) is 11.4. The fourth-order valence-corrected chi connectivity index (χ4v) is 2.23. The first-order valence-electron chi connectivity index (χ1n) is 6.38. The maximum Gasteiger partial charge on any atom is 0.190 e. The molecule has 0 aliphatic carbocycles. The van der Waals surface area contributed by atoms with Crippen molar-refractivity contribution in [2.45, 2.75) is 0 Å². The number of hydrogen-bond donors (Lipinski definition) is 1. The predicted octanol–water partition coefficient (Wildman–Crippen LogP) is 3.02. The minimum atomic E-state index is 0.284. The summed E-state index contributed by atoms with van der Waals surface area (Å²) >= 11 is 0. The summed E-state index contributed by atoms with van der Waals surface area (Å²) < 4.78 is 5.39. The van der Waals surface area contributed by atoms with Crippen LogP contribution in [0, 0.1) is 11.3 Å². The van der Waals surface area contributed by atoms with Gasteiger partial charge in [-0.15, -0.1) is 5.10 Å². The zero-order valence-electron chi connectivity index (χ0n) is 11.4. The third-order valence-corrected chi connectivity index (χ3v) is 3.21. The number of methoxy groups -OCH3 is 1. The van der Waals surface area contributed by atoms with Gasteiger partial charge in [0, 0.05) is 11.1 Å². The Labute approximate surface area is 121 Å². The number of benzene rings is 2. The van der Waals surface area contributed by atoms with Crippen LogP contribution in [-0.4, -0.2) is 22.5 Å². The molecular formula is C16H12N4O. The summed E-state index contributed by atoms with van der Waals surface area (Å²) in [5.41, 5.74) is 3.66. The van der Waals surface area contributed by atoms with E-state index in [9.17, 15) is 0 Å². The van der Waals surface area contributed by atoms with Crippen molar-refractivity contribution < 1.29 is 4.74 Å². The molecule has 3 aromatic rings. The molecule has 1 aromatic heterocycles. The van der Waals surface area contributed by atoms with Crippen LogP contribution < -0.4 is 4.74 Å². The normalized spacial score (nSPS) is 10.1. The molecule has 0 unspecified atom stereocenters. The first-order chi connectivity index (χ1) is 10.3. The second kappa shape index (κ2) is 5.47. The molecule has 0 amide bonds. The van der Waals surface area contributed by atoms with E-state index >= 15 is 0 Å². The molecule has 0 saturated carbocycles. The van der Waals surface area contributed by atoms with Gasteiger partial charge < -0.3 is 4.74 Å². The molecule has 102 valence electrons. The van der Waals surface area contributed by atoms with Crippen molar-refractivity contribution in [2.24, 2.45) is 0 Å². The Kier molecular flexibility index (Phi) is 3.36. The zero-order chi connectivity index (χ0) is 14.7. The minimum absolute atomic E-state index is 0.284.